The molecule has 0 aliphatic rings. The van der Waals surface area contributed by atoms with Gasteiger partial charge in [0, 0.05) is 0 Å². The molecular weight excluding hydrogens is 177 g/mol. The van der Waals surface area contributed by atoms with E-state index in [1.54, 1.807) is 18.5 Å². The minimum Gasteiger partial charge on any atom is -0.226 e. The first kappa shape index (κ1) is 8.05. The molecule has 1 heterocycles. The summed E-state index contributed by atoms with van der Waals surface area (Å²) in [6.07, 6.45) is 3.22. The Morgan fingerprint density at radius 1 is 1.38 bits per heavy atom. The van der Waals surface area contributed by atoms with Crippen molar-refractivity contribution >= 4 is 0 Å². The van der Waals surface area contributed by atoms with E-state index in [9.17, 15) is 0 Å². The first-order valence-corrected chi connectivity index (χ1v) is 1.98. The summed E-state index contributed by atoms with van der Waals surface area (Å²) >= 11 is 0. The first-order valence-electron chi connectivity index (χ1n) is 1.98. The van der Waals surface area contributed by atoms with E-state index in [-0.39, 0.29) is 32.7 Å². The smallest absolute Gasteiger partial charge is 0.226 e. The molecule has 0 radical (unpaired) electrons. The Labute approximate surface area is 73.6 Å². The summed E-state index contributed by atoms with van der Waals surface area (Å²) in [5, 5.41) is 7.13. The zero-order valence-corrected chi connectivity index (χ0v) is 7.25. The summed E-state index contributed by atoms with van der Waals surface area (Å²) in [7, 11) is 0. The summed E-state index contributed by atoms with van der Waals surface area (Å²) in [5.74, 6) is 0. The third-order valence-electron chi connectivity index (χ3n) is 0.646. The Morgan fingerprint density at radius 3 is 2.38 bits per heavy atom. The number of hydrogen-bond donors (Lipinski definition) is 0. The van der Waals surface area contributed by atoms with Gasteiger partial charge in [-0.25, -0.2) is 5.10 Å². The van der Waals surface area contributed by atoms with Crippen LogP contribution in [0.25, 0.3) is 0 Å². The molecule has 3 heteroatoms. The van der Waals surface area contributed by atoms with Crippen LogP contribution >= 0.6 is 0 Å². The van der Waals surface area contributed by atoms with Gasteiger partial charge in [-0.3, -0.25) is 0 Å². The Morgan fingerprint density at radius 2 is 2.12 bits per heavy atom. The van der Waals surface area contributed by atoms with Crippen LogP contribution in [-0.4, -0.2) is 10.2 Å². The van der Waals surface area contributed by atoms with E-state index in [4.69, 9.17) is 0 Å². The molecule has 0 aromatic carbocycles. The minimum atomic E-state index is 0. The van der Waals surface area contributed by atoms with Gasteiger partial charge >= 0.3 is 32.7 Å². The molecular formula is C5H5N2Y+2. The van der Waals surface area contributed by atoms with Gasteiger partial charge in [0.05, 0.1) is 0 Å². The first-order chi connectivity index (χ1) is 3.39. The Bertz CT molecular complexity index is 140. The molecule has 1 rings (SSSR count). The summed E-state index contributed by atoms with van der Waals surface area (Å²) < 4.78 is 0. The Kier molecular flexibility index (Phi) is 4.01. The summed E-state index contributed by atoms with van der Waals surface area (Å²) in [6, 6.07) is 1.80. The molecule has 0 saturated carbocycles. The number of nitrogens with zero attached hydrogens (tertiary/aromatic N) is 2. The van der Waals surface area contributed by atoms with Crippen LogP contribution < -0.4 is 0 Å². The predicted molar refractivity (Wildman–Crippen MR) is 26.5 cm³/mol. The van der Waals surface area contributed by atoms with Crippen LogP contribution in [0.15, 0.2) is 18.5 Å². The molecule has 1 aromatic rings. The van der Waals surface area contributed by atoms with Crippen molar-refractivity contribution in [3.63, 3.8) is 0 Å². The van der Waals surface area contributed by atoms with Crippen LogP contribution in [0.5, 0.6) is 0 Å². The summed E-state index contributed by atoms with van der Waals surface area (Å²) in [5.41, 5.74) is 0.898. The fourth-order valence-corrected chi connectivity index (χ4v) is 0.318. The average molecular weight is 182 g/mol. The van der Waals surface area contributed by atoms with E-state index in [0.717, 1.165) is 5.56 Å². The maximum absolute atomic E-state index is 3.62. The van der Waals surface area contributed by atoms with Gasteiger partial charge < -0.3 is 0 Å². The monoisotopic (exact) mass is 182 g/mol. The molecule has 0 bridgehead atoms. The van der Waals surface area contributed by atoms with Crippen molar-refractivity contribution in [1.29, 1.82) is 0 Å². The zero-order chi connectivity index (χ0) is 5.11. The quantitative estimate of drug-likeness (QED) is 0.550. The van der Waals surface area contributed by atoms with Crippen LogP contribution in [0.1, 0.15) is 5.56 Å². The minimum absolute atomic E-state index is 0. The Hall–Kier alpha value is 0.0539. The number of rotatable bonds is 0. The van der Waals surface area contributed by atoms with Crippen molar-refractivity contribution in [1.82, 2.24) is 10.2 Å². The molecule has 0 amide bonds. The van der Waals surface area contributed by atoms with Crippen LogP contribution in [0.3, 0.4) is 0 Å². The molecule has 0 N–H and O–H groups in total. The van der Waals surface area contributed by atoms with Gasteiger partial charge in [0.15, 0.2) is 0 Å². The van der Waals surface area contributed by atoms with E-state index in [2.05, 4.69) is 17.1 Å². The SMILES string of the molecule is [CH2-]c1ccnnc1.[Y+3]. The van der Waals surface area contributed by atoms with Gasteiger partial charge in [0.25, 0.3) is 0 Å². The van der Waals surface area contributed by atoms with Gasteiger partial charge in [-0.05, 0) is 6.20 Å². The number of aromatic nitrogens is 2. The predicted octanol–water partition coefficient (Wildman–Crippen LogP) is 0.656. The Balaban J connectivity index is 0.000000490. The molecule has 0 aliphatic carbocycles. The number of hydrogen-bond acceptors (Lipinski definition) is 2. The fourth-order valence-electron chi connectivity index (χ4n) is 0.318. The second-order valence-electron chi connectivity index (χ2n) is 1.25. The standard InChI is InChI=1S/C5H5N2.Y/c1-5-2-3-6-7-4-5;/h2-4H,1H2;/q-1;+3. The molecule has 8 heavy (non-hydrogen) atoms. The second-order valence-corrected chi connectivity index (χ2v) is 1.25. The molecule has 0 spiro atoms. The summed E-state index contributed by atoms with van der Waals surface area (Å²) in [6.45, 7) is 3.62. The second kappa shape index (κ2) is 3.99. The zero-order valence-electron chi connectivity index (χ0n) is 4.41. The van der Waals surface area contributed by atoms with Crippen LogP contribution in [0, 0.1) is 6.92 Å². The van der Waals surface area contributed by atoms with E-state index in [1.165, 1.54) is 0 Å². The van der Waals surface area contributed by atoms with Crippen molar-refractivity contribution in [3.8, 4) is 0 Å². The topological polar surface area (TPSA) is 25.8 Å². The molecule has 0 unspecified atom stereocenters. The van der Waals surface area contributed by atoms with Crippen molar-refractivity contribution in [2.24, 2.45) is 0 Å². The molecule has 2 nitrogen and oxygen atoms in total. The van der Waals surface area contributed by atoms with E-state index < -0.39 is 0 Å². The van der Waals surface area contributed by atoms with Crippen LogP contribution in [0.4, 0.5) is 0 Å². The van der Waals surface area contributed by atoms with E-state index in [0.29, 0.717) is 0 Å². The van der Waals surface area contributed by atoms with Gasteiger partial charge in [0.2, 0.25) is 0 Å². The van der Waals surface area contributed by atoms with Crippen molar-refractivity contribution in [2.75, 3.05) is 0 Å². The molecule has 0 aliphatic heterocycles. The third kappa shape index (κ3) is 2.38. The van der Waals surface area contributed by atoms with Crippen molar-refractivity contribution in [3.05, 3.63) is 30.9 Å². The third-order valence-corrected chi connectivity index (χ3v) is 0.646. The van der Waals surface area contributed by atoms with Crippen molar-refractivity contribution < 1.29 is 32.7 Å². The van der Waals surface area contributed by atoms with Crippen LogP contribution in [-0.2, 0) is 32.7 Å². The molecule has 0 fully saturated rings. The molecule has 36 valence electrons. The van der Waals surface area contributed by atoms with Crippen LogP contribution in [0.2, 0.25) is 0 Å². The maximum atomic E-state index is 3.62. The van der Waals surface area contributed by atoms with Crippen molar-refractivity contribution in [2.45, 2.75) is 0 Å². The summed E-state index contributed by atoms with van der Waals surface area (Å²) in [4.78, 5) is 0. The normalized spacial score (nSPS) is 7.50. The van der Waals surface area contributed by atoms with Gasteiger partial charge in [-0.1, -0.05) is 6.20 Å². The van der Waals surface area contributed by atoms with Gasteiger partial charge in [0.1, 0.15) is 0 Å². The average Bonchev–Trinajstić information content (AvgIpc) is 1.69. The molecule has 0 saturated heterocycles. The fraction of sp³-hybridized carbons (Fsp3) is 0. The van der Waals surface area contributed by atoms with E-state index >= 15 is 0 Å². The molecule has 0 atom stereocenters. The molecule has 1 aromatic heterocycles. The van der Waals surface area contributed by atoms with E-state index in [1.807, 2.05) is 0 Å². The maximum Gasteiger partial charge on any atom is 3.00 e. The largest absolute Gasteiger partial charge is 3.00 e. The van der Waals surface area contributed by atoms with Gasteiger partial charge in [-0.15, -0.1) is 6.07 Å². The van der Waals surface area contributed by atoms with Gasteiger partial charge in [-0.2, -0.15) is 17.6 Å².